The van der Waals surface area contributed by atoms with Crippen LogP contribution in [0.1, 0.15) is 24.5 Å². The lowest BCUT2D eigenvalue weighted by Gasteiger charge is -2.07. The summed E-state index contributed by atoms with van der Waals surface area (Å²) in [6.07, 6.45) is 1.48. The van der Waals surface area contributed by atoms with Crippen molar-refractivity contribution in [2.75, 3.05) is 0 Å². The summed E-state index contributed by atoms with van der Waals surface area (Å²) in [5.74, 6) is 0.255. The Hall–Kier alpha value is -1.63. The molecule has 16 heavy (non-hydrogen) atoms. The first kappa shape index (κ1) is 10.9. The van der Waals surface area contributed by atoms with E-state index in [-0.39, 0.29) is 5.78 Å². The van der Waals surface area contributed by atoms with Crippen LogP contribution in [0.5, 0.6) is 0 Å². The molecule has 0 saturated heterocycles. The SMILES string of the molecule is CC(=O)CCc1cc(C)cc2ccccc12. The molecule has 0 heterocycles. The monoisotopic (exact) mass is 212 g/mol. The van der Waals surface area contributed by atoms with Crippen molar-refractivity contribution < 1.29 is 4.79 Å². The molecule has 0 aliphatic heterocycles. The molecule has 0 saturated carbocycles. The van der Waals surface area contributed by atoms with Crippen LogP contribution in [-0.2, 0) is 11.2 Å². The van der Waals surface area contributed by atoms with Crippen LogP contribution in [0.15, 0.2) is 36.4 Å². The molecule has 0 unspecified atom stereocenters. The lowest BCUT2D eigenvalue weighted by Crippen LogP contribution is -1.95. The van der Waals surface area contributed by atoms with E-state index in [1.165, 1.54) is 21.9 Å². The Bertz CT molecular complexity index is 526. The first-order valence-electron chi connectivity index (χ1n) is 5.64. The number of Topliss-reactive ketones (excluding diaryl/α,β-unsaturated/α-hetero) is 1. The van der Waals surface area contributed by atoms with Crippen LogP contribution in [0.3, 0.4) is 0 Å². The first-order valence-corrected chi connectivity index (χ1v) is 5.64. The summed E-state index contributed by atoms with van der Waals surface area (Å²) in [6.45, 7) is 3.75. The Morgan fingerprint density at radius 3 is 2.69 bits per heavy atom. The van der Waals surface area contributed by atoms with Gasteiger partial charge in [-0.05, 0) is 36.6 Å². The number of hydrogen-bond donors (Lipinski definition) is 0. The van der Waals surface area contributed by atoms with Gasteiger partial charge in [0, 0.05) is 6.42 Å². The van der Waals surface area contributed by atoms with Gasteiger partial charge in [-0.15, -0.1) is 0 Å². The van der Waals surface area contributed by atoms with Gasteiger partial charge in [-0.25, -0.2) is 0 Å². The smallest absolute Gasteiger partial charge is 0.130 e. The van der Waals surface area contributed by atoms with Gasteiger partial charge in [0.05, 0.1) is 0 Å². The molecule has 0 fully saturated rings. The summed E-state index contributed by atoms with van der Waals surface area (Å²) in [7, 11) is 0. The Balaban J connectivity index is 2.46. The predicted octanol–water partition coefficient (Wildman–Crippen LogP) is 3.67. The third kappa shape index (κ3) is 2.30. The van der Waals surface area contributed by atoms with Crippen LogP contribution in [0, 0.1) is 6.92 Å². The number of carbonyl (C=O) groups excluding carboxylic acids is 1. The normalized spacial score (nSPS) is 10.6. The third-order valence-electron chi connectivity index (χ3n) is 2.84. The van der Waals surface area contributed by atoms with Crippen molar-refractivity contribution in [2.24, 2.45) is 0 Å². The number of benzene rings is 2. The molecule has 2 aromatic rings. The summed E-state index contributed by atoms with van der Waals surface area (Å²) < 4.78 is 0. The maximum Gasteiger partial charge on any atom is 0.130 e. The number of hydrogen-bond acceptors (Lipinski definition) is 1. The summed E-state index contributed by atoms with van der Waals surface area (Å²) >= 11 is 0. The fraction of sp³-hybridized carbons (Fsp3) is 0.267. The lowest BCUT2D eigenvalue weighted by atomic mass is 9.98. The standard InChI is InChI=1S/C15H16O/c1-11-9-13-5-3-4-6-15(13)14(10-11)8-7-12(2)16/h3-6,9-10H,7-8H2,1-2H3. The molecule has 2 aromatic carbocycles. The second kappa shape index (κ2) is 4.48. The number of rotatable bonds is 3. The number of aryl methyl sites for hydroxylation is 2. The molecule has 0 amide bonds. The van der Waals surface area contributed by atoms with Gasteiger partial charge in [-0.1, -0.05) is 42.0 Å². The van der Waals surface area contributed by atoms with Gasteiger partial charge in [0.1, 0.15) is 5.78 Å². The van der Waals surface area contributed by atoms with Crippen molar-refractivity contribution in [1.29, 1.82) is 0 Å². The van der Waals surface area contributed by atoms with E-state index >= 15 is 0 Å². The highest BCUT2D eigenvalue weighted by atomic mass is 16.1. The van der Waals surface area contributed by atoms with E-state index in [1.807, 2.05) is 0 Å². The van der Waals surface area contributed by atoms with E-state index in [4.69, 9.17) is 0 Å². The van der Waals surface area contributed by atoms with Crippen molar-refractivity contribution in [3.05, 3.63) is 47.5 Å². The van der Waals surface area contributed by atoms with Crippen LogP contribution in [-0.4, -0.2) is 5.78 Å². The first-order chi connectivity index (χ1) is 7.66. The molecule has 0 aliphatic carbocycles. The predicted molar refractivity (Wildman–Crippen MR) is 67.7 cm³/mol. The van der Waals surface area contributed by atoms with Gasteiger partial charge < -0.3 is 4.79 Å². The van der Waals surface area contributed by atoms with Gasteiger partial charge in [-0.3, -0.25) is 0 Å². The highest BCUT2D eigenvalue weighted by Crippen LogP contribution is 2.22. The highest BCUT2D eigenvalue weighted by molar-refractivity contribution is 5.87. The topological polar surface area (TPSA) is 17.1 Å². The van der Waals surface area contributed by atoms with E-state index in [0.717, 1.165) is 6.42 Å². The van der Waals surface area contributed by atoms with Crippen molar-refractivity contribution in [1.82, 2.24) is 0 Å². The van der Waals surface area contributed by atoms with Gasteiger partial charge in [0.25, 0.3) is 0 Å². The average Bonchev–Trinajstić information content (AvgIpc) is 2.25. The second-order valence-corrected chi connectivity index (χ2v) is 4.35. The van der Waals surface area contributed by atoms with E-state index in [0.29, 0.717) is 6.42 Å². The molecule has 0 radical (unpaired) electrons. The molecule has 0 aromatic heterocycles. The van der Waals surface area contributed by atoms with Crippen molar-refractivity contribution in [2.45, 2.75) is 26.7 Å². The molecule has 82 valence electrons. The fourth-order valence-corrected chi connectivity index (χ4v) is 2.07. The maximum atomic E-state index is 11.0. The summed E-state index contributed by atoms with van der Waals surface area (Å²) in [6, 6.07) is 12.7. The zero-order valence-corrected chi connectivity index (χ0v) is 9.79. The summed E-state index contributed by atoms with van der Waals surface area (Å²) in [4.78, 5) is 11.0. The molecule has 0 spiro atoms. The Kier molecular flexibility index (Phi) is 3.04. The molecular weight excluding hydrogens is 196 g/mol. The zero-order chi connectivity index (χ0) is 11.5. The highest BCUT2D eigenvalue weighted by Gasteiger charge is 2.03. The average molecular weight is 212 g/mol. The lowest BCUT2D eigenvalue weighted by molar-refractivity contribution is -0.116. The minimum absolute atomic E-state index is 0.255. The molecule has 0 atom stereocenters. The fourth-order valence-electron chi connectivity index (χ4n) is 2.07. The molecular formula is C15H16O. The van der Waals surface area contributed by atoms with Crippen LogP contribution < -0.4 is 0 Å². The third-order valence-corrected chi connectivity index (χ3v) is 2.84. The minimum atomic E-state index is 0.255. The van der Waals surface area contributed by atoms with E-state index in [2.05, 4.69) is 43.3 Å². The van der Waals surface area contributed by atoms with Crippen molar-refractivity contribution in [3.63, 3.8) is 0 Å². The Morgan fingerprint density at radius 1 is 1.19 bits per heavy atom. The minimum Gasteiger partial charge on any atom is -0.300 e. The largest absolute Gasteiger partial charge is 0.300 e. The number of ketones is 1. The molecule has 0 bridgehead atoms. The molecule has 2 rings (SSSR count). The summed E-state index contributed by atoms with van der Waals surface area (Å²) in [5.41, 5.74) is 2.54. The molecule has 0 aliphatic rings. The zero-order valence-electron chi connectivity index (χ0n) is 9.79. The van der Waals surface area contributed by atoms with Crippen LogP contribution in [0.2, 0.25) is 0 Å². The number of carbonyl (C=O) groups is 1. The van der Waals surface area contributed by atoms with Crippen LogP contribution in [0.4, 0.5) is 0 Å². The van der Waals surface area contributed by atoms with Crippen LogP contribution >= 0.6 is 0 Å². The van der Waals surface area contributed by atoms with Crippen LogP contribution in [0.25, 0.3) is 10.8 Å². The van der Waals surface area contributed by atoms with E-state index < -0.39 is 0 Å². The molecule has 0 N–H and O–H groups in total. The maximum absolute atomic E-state index is 11.0. The van der Waals surface area contributed by atoms with Gasteiger partial charge in [0.2, 0.25) is 0 Å². The van der Waals surface area contributed by atoms with Gasteiger partial charge in [-0.2, -0.15) is 0 Å². The number of fused-ring (bicyclic) bond motifs is 1. The van der Waals surface area contributed by atoms with E-state index in [1.54, 1.807) is 6.92 Å². The van der Waals surface area contributed by atoms with Gasteiger partial charge in [0.15, 0.2) is 0 Å². The molecule has 1 nitrogen and oxygen atoms in total. The Morgan fingerprint density at radius 2 is 1.94 bits per heavy atom. The second-order valence-electron chi connectivity index (χ2n) is 4.35. The van der Waals surface area contributed by atoms with Gasteiger partial charge >= 0.3 is 0 Å². The van der Waals surface area contributed by atoms with E-state index in [9.17, 15) is 4.79 Å². The van der Waals surface area contributed by atoms with Crippen molar-refractivity contribution in [3.8, 4) is 0 Å². The quantitative estimate of drug-likeness (QED) is 0.758. The summed E-state index contributed by atoms with van der Waals surface area (Å²) in [5, 5.41) is 2.54. The van der Waals surface area contributed by atoms with Crippen molar-refractivity contribution >= 4 is 16.6 Å². The molecule has 1 heteroatoms. The Labute approximate surface area is 96.1 Å².